The Morgan fingerprint density at radius 2 is 1.78 bits per heavy atom. The van der Waals surface area contributed by atoms with Gasteiger partial charge in [-0.3, -0.25) is 14.5 Å². The predicted octanol–water partition coefficient (Wildman–Crippen LogP) is 6.87. The molecule has 1 amide bonds. The Bertz CT molecular complexity index is 1560. The minimum atomic E-state index is -1.08. The van der Waals surface area contributed by atoms with Crippen molar-refractivity contribution in [3.8, 4) is 17.2 Å². The Morgan fingerprint density at radius 3 is 2.42 bits per heavy atom. The fraction of sp³-hybridized carbons (Fsp3) is 0.412. The lowest BCUT2D eigenvalue weighted by Crippen LogP contribution is -2.29. The van der Waals surface area contributed by atoms with Crippen LogP contribution in [0.15, 0.2) is 48.0 Å². The van der Waals surface area contributed by atoms with E-state index in [-0.39, 0.29) is 27.9 Å². The Hall–Kier alpha value is -4.38. The molecule has 240 valence electrons. The second-order valence-corrected chi connectivity index (χ2v) is 11.9. The Balaban J connectivity index is 1.83. The van der Waals surface area contributed by atoms with Gasteiger partial charge in [0, 0.05) is 5.56 Å². The van der Waals surface area contributed by atoms with E-state index in [1.165, 1.54) is 12.0 Å². The van der Waals surface area contributed by atoms with Crippen molar-refractivity contribution in [2.45, 2.75) is 59.9 Å². The third kappa shape index (κ3) is 7.47. The average molecular weight is 637 g/mol. The number of aliphatic hydroxyl groups excluding tert-OH is 1. The highest BCUT2D eigenvalue weighted by Gasteiger charge is 2.48. The van der Waals surface area contributed by atoms with Gasteiger partial charge in [-0.2, -0.15) is 0 Å². The van der Waals surface area contributed by atoms with E-state index in [9.17, 15) is 19.5 Å². The van der Waals surface area contributed by atoms with Crippen LogP contribution in [0.4, 0.5) is 5.13 Å². The number of Topliss-reactive ketones (excluding diaryl/α,β-unsaturated/α-hetero) is 1. The van der Waals surface area contributed by atoms with Crippen LogP contribution >= 0.6 is 11.3 Å². The van der Waals surface area contributed by atoms with Crippen LogP contribution in [-0.2, 0) is 14.3 Å². The topological polar surface area (TPSA) is 124 Å². The van der Waals surface area contributed by atoms with Gasteiger partial charge < -0.3 is 24.1 Å². The first-order valence-electron chi connectivity index (χ1n) is 15.1. The molecule has 10 nitrogen and oxygen atoms in total. The first-order chi connectivity index (χ1) is 21.6. The summed E-state index contributed by atoms with van der Waals surface area (Å²) in [5.41, 5.74) is 1.05. The molecule has 1 saturated heterocycles. The number of benzene rings is 2. The van der Waals surface area contributed by atoms with Gasteiger partial charge in [0.25, 0.3) is 5.78 Å². The van der Waals surface area contributed by atoms with Gasteiger partial charge in [0.15, 0.2) is 16.6 Å². The standard InChI is InChI=1S/C34H40N2O8S/c1-7-9-17-43-24-13-10-22(11-14-24)29(37)27-28(23-12-15-25(26(19-23)41-6)44-18-16-20(3)4)36(32(39)30(27)38)34-35-21(5)31(45-34)33(40)42-8-2/h10-15,19-20,28,37H,7-9,16-18H2,1-6H3/t28-/m0/s1. The Kier molecular flexibility index (Phi) is 11.2. The van der Waals surface area contributed by atoms with Crippen LogP contribution in [0.25, 0.3) is 5.76 Å². The molecule has 0 aliphatic carbocycles. The number of aliphatic hydroxyl groups is 1. The van der Waals surface area contributed by atoms with E-state index in [4.69, 9.17) is 18.9 Å². The molecule has 1 N–H and O–H groups in total. The zero-order valence-corrected chi connectivity index (χ0v) is 27.4. The van der Waals surface area contributed by atoms with Gasteiger partial charge in [0.1, 0.15) is 16.4 Å². The van der Waals surface area contributed by atoms with Crippen LogP contribution in [0.1, 0.15) is 79.5 Å². The molecule has 1 aliphatic rings. The SMILES string of the molecule is CCCCOc1ccc(C(O)=C2C(=O)C(=O)N(c3nc(C)c(C(=O)OCC)s3)[C@H]2c2ccc(OCCC(C)C)c(OC)c2)cc1. The number of ketones is 1. The normalized spacial score (nSPS) is 15.9. The molecule has 2 aromatic carbocycles. The molecule has 2 heterocycles. The molecule has 11 heteroatoms. The molecule has 0 radical (unpaired) electrons. The Labute approximate surface area is 267 Å². The average Bonchev–Trinajstić information content (AvgIpc) is 3.53. The molecule has 0 spiro atoms. The number of amides is 1. The van der Waals surface area contributed by atoms with Crippen LogP contribution in [0.5, 0.6) is 17.2 Å². The monoisotopic (exact) mass is 636 g/mol. The fourth-order valence-electron chi connectivity index (χ4n) is 4.79. The molecule has 1 aliphatic heterocycles. The summed E-state index contributed by atoms with van der Waals surface area (Å²) >= 11 is 0.947. The number of hydrogen-bond acceptors (Lipinski definition) is 10. The molecular weight excluding hydrogens is 596 g/mol. The third-order valence-corrected chi connectivity index (χ3v) is 8.38. The summed E-state index contributed by atoms with van der Waals surface area (Å²) in [7, 11) is 1.51. The van der Waals surface area contributed by atoms with Gasteiger partial charge >= 0.3 is 11.9 Å². The number of carbonyl (C=O) groups excluding carboxylic acids is 3. The highest BCUT2D eigenvalue weighted by Crippen LogP contribution is 2.45. The van der Waals surface area contributed by atoms with Gasteiger partial charge in [0.05, 0.1) is 44.2 Å². The molecule has 3 aromatic rings. The lowest BCUT2D eigenvalue weighted by atomic mass is 9.95. The second kappa shape index (κ2) is 15.1. The van der Waals surface area contributed by atoms with Gasteiger partial charge in [-0.15, -0.1) is 0 Å². The van der Waals surface area contributed by atoms with E-state index >= 15 is 0 Å². The smallest absolute Gasteiger partial charge is 0.350 e. The molecular formula is C34H40N2O8S. The van der Waals surface area contributed by atoms with Crippen LogP contribution in [0, 0.1) is 12.8 Å². The number of methoxy groups -OCH3 is 1. The highest BCUT2D eigenvalue weighted by molar-refractivity contribution is 7.17. The summed E-state index contributed by atoms with van der Waals surface area (Å²) in [4.78, 5) is 45.9. The number of ether oxygens (including phenoxy) is 4. The van der Waals surface area contributed by atoms with Crippen LogP contribution < -0.4 is 19.1 Å². The maximum absolute atomic E-state index is 13.7. The van der Waals surface area contributed by atoms with Crippen LogP contribution in [0.2, 0.25) is 0 Å². The van der Waals surface area contributed by atoms with E-state index in [0.29, 0.717) is 53.2 Å². The van der Waals surface area contributed by atoms with Crippen molar-refractivity contribution < 1.29 is 38.4 Å². The van der Waals surface area contributed by atoms with Crippen LogP contribution in [0.3, 0.4) is 0 Å². The number of anilines is 1. The molecule has 0 unspecified atom stereocenters. The van der Waals surface area contributed by atoms with Crippen molar-refractivity contribution in [1.29, 1.82) is 0 Å². The molecule has 0 bridgehead atoms. The van der Waals surface area contributed by atoms with Crippen molar-refractivity contribution in [3.05, 3.63) is 69.7 Å². The number of carbonyl (C=O) groups is 3. The number of aromatic nitrogens is 1. The van der Waals surface area contributed by atoms with E-state index in [1.54, 1.807) is 56.3 Å². The van der Waals surface area contributed by atoms with E-state index in [2.05, 4.69) is 25.8 Å². The third-order valence-electron chi connectivity index (χ3n) is 7.25. The predicted molar refractivity (Wildman–Crippen MR) is 172 cm³/mol. The van der Waals surface area contributed by atoms with E-state index < -0.39 is 23.7 Å². The molecule has 0 saturated carbocycles. The number of unbranched alkanes of at least 4 members (excludes halogenated alkanes) is 1. The number of esters is 1. The number of rotatable bonds is 14. The van der Waals surface area contributed by atoms with Crippen molar-refractivity contribution in [2.24, 2.45) is 5.92 Å². The van der Waals surface area contributed by atoms with Crippen molar-refractivity contribution >= 4 is 39.9 Å². The zero-order chi connectivity index (χ0) is 32.7. The lowest BCUT2D eigenvalue weighted by Gasteiger charge is -2.24. The summed E-state index contributed by atoms with van der Waals surface area (Å²) in [6.07, 6.45) is 2.75. The largest absolute Gasteiger partial charge is 0.507 e. The molecule has 4 rings (SSSR count). The maximum Gasteiger partial charge on any atom is 0.350 e. The Morgan fingerprint density at radius 1 is 1.04 bits per heavy atom. The molecule has 1 atom stereocenters. The van der Waals surface area contributed by atoms with Crippen molar-refractivity contribution in [2.75, 3.05) is 31.8 Å². The van der Waals surface area contributed by atoms with E-state index in [0.717, 1.165) is 30.6 Å². The van der Waals surface area contributed by atoms with Crippen LogP contribution in [-0.4, -0.2) is 54.7 Å². The van der Waals surface area contributed by atoms with Gasteiger partial charge in [0.2, 0.25) is 0 Å². The summed E-state index contributed by atoms with van der Waals surface area (Å²) in [5.74, 6) is -0.712. The summed E-state index contributed by atoms with van der Waals surface area (Å²) in [6, 6.07) is 10.7. The number of nitrogens with zero attached hydrogens (tertiary/aromatic N) is 2. The molecule has 1 aromatic heterocycles. The first-order valence-corrected chi connectivity index (χ1v) is 15.9. The van der Waals surface area contributed by atoms with Gasteiger partial charge in [-0.05, 0) is 74.6 Å². The van der Waals surface area contributed by atoms with Gasteiger partial charge in [-0.25, -0.2) is 9.78 Å². The number of aryl methyl sites for hydroxylation is 1. The summed E-state index contributed by atoms with van der Waals surface area (Å²) in [6.45, 7) is 10.8. The van der Waals surface area contributed by atoms with Crippen molar-refractivity contribution in [3.63, 3.8) is 0 Å². The minimum Gasteiger partial charge on any atom is -0.507 e. The first kappa shape index (κ1) is 33.5. The number of hydrogen-bond donors (Lipinski definition) is 1. The number of thiazole rings is 1. The van der Waals surface area contributed by atoms with Gasteiger partial charge in [-0.1, -0.05) is 44.6 Å². The summed E-state index contributed by atoms with van der Waals surface area (Å²) in [5, 5.41) is 11.7. The van der Waals surface area contributed by atoms with E-state index in [1.807, 2.05) is 0 Å². The quantitative estimate of drug-likeness (QED) is 0.0664. The highest BCUT2D eigenvalue weighted by atomic mass is 32.1. The molecule has 45 heavy (non-hydrogen) atoms. The zero-order valence-electron chi connectivity index (χ0n) is 26.5. The fourth-order valence-corrected chi connectivity index (χ4v) is 5.78. The lowest BCUT2D eigenvalue weighted by molar-refractivity contribution is -0.132. The summed E-state index contributed by atoms with van der Waals surface area (Å²) < 4.78 is 22.5. The van der Waals surface area contributed by atoms with Crippen molar-refractivity contribution in [1.82, 2.24) is 4.98 Å². The molecule has 1 fully saturated rings. The minimum absolute atomic E-state index is 0.123. The second-order valence-electron chi connectivity index (χ2n) is 11.0. The maximum atomic E-state index is 13.7.